The number of hydrogen-bond acceptors (Lipinski definition) is 4. The number of rotatable bonds is 2. The van der Waals surface area contributed by atoms with Gasteiger partial charge in [-0.2, -0.15) is 0 Å². The molecule has 0 bridgehead atoms. The molecule has 0 spiro atoms. The van der Waals surface area contributed by atoms with Crippen molar-refractivity contribution in [1.82, 2.24) is 0 Å². The van der Waals surface area contributed by atoms with Gasteiger partial charge in [0, 0.05) is 0 Å². The van der Waals surface area contributed by atoms with Crippen molar-refractivity contribution in [2.24, 2.45) is 4.99 Å². The van der Waals surface area contributed by atoms with Gasteiger partial charge in [0.05, 0.1) is 20.4 Å². The Kier molecular flexibility index (Phi) is 6.55. The molecule has 8 heteroatoms. The molecule has 1 aromatic rings. The second-order valence-electron chi connectivity index (χ2n) is 3.86. The third-order valence-electron chi connectivity index (χ3n) is 2.45. The van der Waals surface area contributed by atoms with Crippen LogP contribution >= 0.6 is 31.9 Å². The molecule has 21 heavy (non-hydrogen) atoms. The first-order chi connectivity index (χ1) is 9.38. The fraction of sp³-hybridized carbons (Fsp3) is 0. The number of carboxylic acids is 1. The molecule has 0 amide bonds. The maximum absolute atomic E-state index is 11.5. The van der Waals surface area contributed by atoms with E-state index in [-0.39, 0.29) is 46.7 Å². The molecule has 0 saturated carbocycles. The SMILES string of the molecule is O=C1C(Br)=CC(=Nc2ccc(O)c(C(=O)O)c2)C=C1Br.[Na+]. The molecule has 0 atom stereocenters. The van der Waals surface area contributed by atoms with Crippen LogP contribution in [0.4, 0.5) is 5.69 Å². The first-order valence-electron chi connectivity index (χ1n) is 5.32. The Bertz CT molecular complexity index is 686. The Balaban J connectivity index is 0.00000220. The fourth-order valence-corrected chi connectivity index (χ4v) is 2.69. The fourth-order valence-electron chi connectivity index (χ4n) is 1.53. The normalized spacial score (nSPS) is 14.0. The van der Waals surface area contributed by atoms with Gasteiger partial charge in [-0.3, -0.25) is 4.79 Å². The molecule has 102 valence electrons. The monoisotopic (exact) mass is 422 g/mol. The topological polar surface area (TPSA) is 87.0 Å². The number of carboxylic acid groups (broad SMARTS) is 1. The maximum Gasteiger partial charge on any atom is 1.00 e. The second-order valence-corrected chi connectivity index (χ2v) is 5.57. The van der Waals surface area contributed by atoms with Crippen LogP contribution in [0.25, 0.3) is 0 Å². The summed E-state index contributed by atoms with van der Waals surface area (Å²) >= 11 is 6.25. The number of phenols is 1. The number of benzene rings is 1. The predicted octanol–water partition coefficient (Wildman–Crippen LogP) is 0.307. The molecule has 0 radical (unpaired) electrons. The number of ketones is 1. The first kappa shape index (κ1) is 18.3. The van der Waals surface area contributed by atoms with E-state index < -0.39 is 5.97 Å². The summed E-state index contributed by atoms with van der Waals surface area (Å²) in [6.07, 6.45) is 3.06. The molecule has 0 fully saturated rings. The van der Waals surface area contributed by atoms with Gasteiger partial charge in [-0.05, 0) is 62.2 Å². The van der Waals surface area contributed by atoms with Crippen LogP contribution in [0.15, 0.2) is 44.3 Å². The largest absolute Gasteiger partial charge is 1.00 e. The van der Waals surface area contributed by atoms with Crippen LogP contribution in [-0.2, 0) is 4.79 Å². The molecule has 0 aliphatic heterocycles. The standard InChI is InChI=1S/C13H7Br2NO4.Na/c14-9-4-7(5-10(15)12(9)18)16-6-1-2-11(17)8(3-6)13(19)20;/h1-5,17H,(H,19,20);/q;+1. The van der Waals surface area contributed by atoms with Crippen molar-refractivity contribution in [2.75, 3.05) is 0 Å². The maximum atomic E-state index is 11.5. The summed E-state index contributed by atoms with van der Waals surface area (Å²) in [7, 11) is 0. The number of aromatic hydroxyl groups is 1. The Morgan fingerprint density at radius 2 is 1.71 bits per heavy atom. The number of aliphatic imine (C=N–C) groups is 1. The smallest absolute Gasteiger partial charge is 0.507 e. The zero-order valence-electron chi connectivity index (χ0n) is 10.8. The summed E-state index contributed by atoms with van der Waals surface area (Å²) < 4.78 is 0.700. The molecular weight excluding hydrogens is 417 g/mol. The van der Waals surface area contributed by atoms with E-state index in [1.807, 2.05) is 0 Å². The van der Waals surface area contributed by atoms with Crippen LogP contribution in [0.2, 0.25) is 0 Å². The molecule has 2 N–H and O–H groups in total. The number of nitrogens with zero attached hydrogens (tertiary/aromatic N) is 1. The summed E-state index contributed by atoms with van der Waals surface area (Å²) in [5, 5.41) is 18.3. The molecule has 0 unspecified atom stereocenters. The number of halogens is 2. The zero-order chi connectivity index (χ0) is 14.9. The molecule has 1 aliphatic rings. The van der Waals surface area contributed by atoms with E-state index in [1.165, 1.54) is 30.4 Å². The molecule has 5 nitrogen and oxygen atoms in total. The van der Waals surface area contributed by atoms with Gasteiger partial charge in [-0.25, -0.2) is 9.79 Å². The van der Waals surface area contributed by atoms with Gasteiger partial charge in [0.1, 0.15) is 11.3 Å². The van der Waals surface area contributed by atoms with Crippen LogP contribution in [0.3, 0.4) is 0 Å². The number of carbonyl (C=O) groups excluding carboxylic acids is 1. The van der Waals surface area contributed by atoms with Crippen molar-refractivity contribution in [1.29, 1.82) is 0 Å². The van der Waals surface area contributed by atoms with Crippen LogP contribution in [-0.4, -0.2) is 27.7 Å². The van der Waals surface area contributed by atoms with Crippen molar-refractivity contribution >= 4 is 55.0 Å². The summed E-state index contributed by atoms with van der Waals surface area (Å²) in [5.74, 6) is -1.76. The molecular formula is C13H7Br2NNaO4+. The Morgan fingerprint density at radius 3 is 2.24 bits per heavy atom. The predicted molar refractivity (Wildman–Crippen MR) is 81.2 cm³/mol. The average molecular weight is 424 g/mol. The Hall–Kier alpha value is -0.730. The number of Topliss-reactive ketones (excluding diaryl/α,β-unsaturated/α-hetero) is 1. The van der Waals surface area contributed by atoms with Gasteiger partial charge in [0.25, 0.3) is 0 Å². The molecule has 0 saturated heterocycles. The van der Waals surface area contributed by atoms with Crippen LogP contribution in [0.5, 0.6) is 5.75 Å². The summed E-state index contributed by atoms with van der Waals surface area (Å²) in [5.41, 5.74) is 0.604. The molecule has 2 rings (SSSR count). The third kappa shape index (κ3) is 4.37. The minimum absolute atomic E-state index is 0. The van der Waals surface area contributed by atoms with E-state index in [2.05, 4.69) is 36.9 Å². The second kappa shape index (κ2) is 7.51. The number of aromatic carboxylic acids is 1. The van der Waals surface area contributed by atoms with E-state index in [4.69, 9.17) is 5.11 Å². The van der Waals surface area contributed by atoms with Gasteiger partial charge in [0.15, 0.2) is 0 Å². The summed E-state index contributed by atoms with van der Waals surface area (Å²) in [4.78, 5) is 26.7. The van der Waals surface area contributed by atoms with Crippen molar-refractivity contribution in [3.8, 4) is 5.75 Å². The van der Waals surface area contributed by atoms with Crippen molar-refractivity contribution < 1.29 is 49.4 Å². The quantitative estimate of drug-likeness (QED) is 0.529. The van der Waals surface area contributed by atoms with Gasteiger partial charge in [0.2, 0.25) is 5.78 Å². The average Bonchev–Trinajstić information content (AvgIpc) is 2.38. The van der Waals surface area contributed by atoms with Crippen LogP contribution in [0.1, 0.15) is 10.4 Å². The zero-order valence-corrected chi connectivity index (χ0v) is 16.0. The van der Waals surface area contributed by atoms with E-state index >= 15 is 0 Å². The minimum Gasteiger partial charge on any atom is -0.507 e. The Morgan fingerprint density at radius 1 is 1.14 bits per heavy atom. The van der Waals surface area contributed by atoms with Gasteiger partial charge >= 0.3 is 35.5 Å². The Labute approximate surface area is 159 Å². The summed E-state index contributed by atoms with van der Waals surface area (Å²) in [6, 6.07) is 3.99. The molecule has 1 aromatic carbocycles. The van der Waals surface area contributed by atoms with E-state index in [0.717, 1.165) is 0 Å². The van der Waals surface area contributed by atoms with Crippen molar-refractivity contribution in [3.63, 3.8) is 0 Å². The van der Waals surface area contributed by atoms with Crippen LogP contribution in [0, 0.1) is 0 Å². The third-order valence-corrected chi connectivity index (χ3v) is 3.63. The van der Waals surface area contributed by atoms with E-state index in [1.54, 1.807) is 0 Å². The minimum atomic E-state index is -1.24. The van der Waals surface area contributed by atoms with E-state index in [0.29, 0.717) is 20.4 Å². The molecule has 1 aliphatic carbocycles. The van der Waals surface area contributed by atoms with Gasteiger partial charge < -0.3 is 10.2 Å². The van der Waals surface area contributed by atoms with Crippen molar-refractivity contribution in [2.45, 2.75) is 0 Å². The molecule has 0 aromatic heterocycles. The van der Waals surface area contributed by atoms with E-state index in [9.17, 15) is 14.7 Å². The number of hydrogen-bond donors (Lipinski definition) is 2. The van der Waals surface area contributed by atoms with Gasteiger partial charge in [-0.1, -0.05) is 0 Å². The van der Waals surface area contributed by atoms with Gasteiger partial charge in [-0.15, -0.1) is 0 Å². The number of allylic oxidation sites excluding steroid dienone is 4. The van der Waals surface area contributed by atoms with Crippen molar-refractivity contribution in [3.05, 3.63) is 44.9 Å². The number of carbonyl (C=O) groups is 2. The van der Waals surface area contributed by atoms with Crippen LogP contribution < -0.4 is 29.6 Å². The summed E-state index contributed by atoms with van der Waals surface area (Å²) in [6.45, 7) is 0. The first-order valence-corrected chi connectivity index (χ1v) is 6.91. The molecule has 0 heterocycles.